The van der Waals surface area contributed by atoms with Crippen LogP contribution in [0.4, 0.5) is 11.4 Å². The number of rotatable bonds is 4. The number of para-hydroxylation sites is 1. The van der Waals surface area contributed by atoms with E-state index in [9.17, 15) is 4.79 Å². The average molecular weight is 361 g/mol. The first-order chi connectivity index (χ1) is 13.1. The fraction of sp³-hybridized carbons (Fsp3) is 0.286. The molecule has 1 aliphatic heterocycles. The summed E-state index contributed by atoms with van der Waals surface area (Å²) in [5.41, 5.74) is 4.82. The van der Waals surface area contributed by atoms with Gasteiger partial charge in [0.2, 0.25) is 0 Å². The summed E-state index contributed by atoms with van der Waals surface area (Å²) in [6, 6.07) is 15.7. The number of carbonyl (C=O) groups excluding carboxylic acids is 1. The summed E-state index contributed by atoms with van der Waals surface area (Å²) in [7, 11) is 0. The van der Waals surface area contributed by atoms with Crippen LogP contribution in [-0.4, -0.2) is 34.0 Å². The Morgan fingerprint density at radius 3 is 2.41 bits per heavy atom. The van der Waals surface area contributed by atoms with Crippen LogP contribution in [0.2, 0.25) is 0 Å². The second kappa shape index (κ2) is 7.23. The zero-order valence-electron chi connectivity index (χ0n) is 15.6. The van der Waals surface area contributed by atoms with Crippen molar-refractivity contribution in [2.24, 2.45) is 0 Å². The van der Waals surface area contributed by atoms with Gasteiger partial charge in [-0.05, 0) is 62.6 Å². The molecule has 1 fully saturated rings. The normalized spacial score (nSPS) is 13.8. The van der Waals surface area contributed by atoms with Gasteiger partial charge in [-0.2, -0.15) is 9.90 Å². The molecule has 0 radical (unpaired) electrons. The molecule has 0 unspecified atom stereocenters. The number of anilines is 2. The van der Waals surface area contributed by atoms with E-state index >= 15 is 0 Å². The molecule has 0 aliphatic carbocycles. The first-order valence-electron chi connectivity index (χ1n) is 9.28. The van der Waals surface area contributed by atoms with E-state index in [-0.39, 0.29) is 5.91 Å². The van der Waals surface area contributed by atoms with Crippen LogP contribution in [0.25, 0.3) is 5.69 Å². The van der Waals surface area contributed by atoms with E-state index in [4.69, 9.17) is 0 Å². The van der Waals surface area contributed by atoms with Gasteiger partial charge < -0.3 is 10.2 Å². The first kappa shape index (κ1) is 17.3. The number of nitrogens with zero attached hydrogens (tertiary/aromatic N) is 4. The average Bonchev–Trinajstić information content (AvgIpc) is 3.34. The number of aryl methyl sites for hydroxylation is 2. The fourth-order valence-corrected chi connectivity index (χ4v) is 3.41. The molecule has 1 N–H and O–H groups in total. The Morgan fingerprint density at radius 1 is 0.963 bits per heavy atom. The monoisotopic (exact) mass is 361 g/mol. The molecule has 1 aromatic heterocycles. The highest BCUT2D eigenvalue weighted by molar-refractivity contribution is 6.04. The lowest BCUT2D eigenvalue weighted by Crippen LogP contribution is -2.18. The summed E-state index contributed by atoms with van der Waals surface area (Å²) in [6.45, 7) is 6.02. The molecule has 1 aliphatic rings. The molecular formula is C21H23N5O. The van der Waals surface area contributed by atoms with Crippen molar-refractivity contribution in [3.8, 4) is 5.69 Å². The number of nitrogens with one attached hydrogen (secondary N) is 1. The number of amides is 1. The minimum atomic E-state index is -0.244. The number of aromatic nitrogens is 3. The number of benzene rings is 2. The molecule has 138 valence electrons. The van der Waals surface area contributed by atoms with Crippen LogP contribution in [-0.2, 0) is 0 Å². The highest BCUT2D eigenvalue weighted by Gasteiger charge is 2.18. The Bertz CT molecular complexity index is 958. The second-order valence-electron chi connectivity index (χ2n) is 6.91. The van der Waals surface area contributed by atoms with Gasteiger partial charge in [0.05, 0.1) is 11.4 Å². The minimum Gasteiger partial charge on any atom is -0.372 e. The molecule has 2 heterocycles. The molecule has 3 aromatic rings. The SMILES string of the molecule is Cc1cc(N2CCCC2)ccc1NC(=O)c1nn(-c2ccccc2)nc1C. The van der Waals surface area contributed by atoms with Crippen LogP contribution >= 0.6 is 0 Å². The number of hydrogen-bond donors (Lipinski definition) is 1. The second-order valence-corrected chi connectivity index (χ2v) is 6.91. The molecule has 0 bridgehead atoms. The molecule has 1 saturated heterocycles. The third kappa shape index (κ3) is 3.56. The van der Waals surface area contributed by atoms with E-state index in [1.807, 2.05) is 43.3 Å². The minimum absolute atomic E-state index is 0.244. The van der Waals surface area contributed by atoms with Crippen molar-refractivity contribution in [2.75, 3.05) is 23.3 Å². The van der Waals surface area contributed by atoms with Crippen LogP contribution in [0.15, 0.2) is 48.5 Å². The summed E-state index contributed by atoms with van der Waals surface area (Å²) in [4.78, 5) is 16.6. The van der Waals surface area contributed by atoms with Gasteiger partial charge in [0.1, 0.15) is 0 Å². The van der Waals surface area contributed by atoms with Gasteiger partial charge >= 0.3 is 0 Å². The van der Waals surface area contributed by atoms with Crippen LogP contribution in [0, 0.1) is 13.8 Å². The molecule has 0 saturated carbocycles. The van der Waals surface area contributed by atoms with Crippen molar-refractivity contribution in [1.29, 1.82) is 0 Å². The largest absolute Gasteiger partial charge is 0.372 e. The summed E-state index contributed by atoms with van der Waals surface area (Å²) in [6.07, 6.45) is 2.49. The van der Waals surface area contributed by atoms with Gasteiger partial charge in [0.15, 0.2) is 5.69 Å². The van der Waals surface area contributed by atoms with Crippen molar-refractivity contribution in [3.63, 3.8) is 0 Å². The predicted octanol–water partition coefficient (Wildman–Crippen LogP) is 3.74. The maximum atomic E-state index is 12.7. The van der Waals surface area contributed by atoms with Crippen molar-refractivity contribution in [1.82, 2.24) is 15.0 Å². The molecule has 1 amide bonds. The summed E-state index contributed by atoms with van der Waals surface area (Å²) in [5, 5.41) is 11.7. The van der Waals surface area contributed by atoms with E-state index in [2.05, 4.69) is 32.5 Å². The standard InChI is InChI=1S/C21H23N5O/c1-15-14-18(25-12-6-7-13-25)10-11-19(15)22-21(27)20-16(2)23-26(24-20)17-8-4-3-5-9-17/h3-5,8-11,14H,6-7,12-13H2,1-2H3,(H,22,27). The number of hydrogen-bond acceptors (Lipinski definition) is 4. The van der Waals surface area contributed by atoms with Crippen molar-refractivity contribution in [3.05, 3.63) is 65.5 Å². The molecule has 0 spiro atoms. The smallest absolute Gasteiger partial charge is 0.278 e. The molecule has 6 nitrogen and oxygen atoms in total. The Hall–Kier alpha value is -3.15. The van der Waals surface area contributed by atoms with Gasteiger partial charge in [0, 0.05) is 24.5 Å². The van der Waals surface area contributed by atoms with Gasteiger partial charge in [-0.1, -0.05) is 18.2 Å². The Labute approximate surface area is 158 Å². The van der Waals surface area contributed by atoms with Gasteiger partial charge in [-0.15, -0.1) is 5.10 Å². The molecule has 4 rings (SSSR count). The summed E-state index contributed by atoms with van der Waals surface area (Å²) < 4.78 is 0. The molecule has 0 atom stereocenters. The zero-order valence-corrected chi connectivity index (χ0v) is 15.6. The molecule has 27 heavy (non-hydrogen) atoms. The fourth-order valence-electron chi connectivity index (χ4n) is 3.41. The van der Waals surface area contributed by atoms with E-state index in [1.165, 1.54) is 23.3 Å². The van der Waals surface area contributed by atoms with Crippen LogP contribution in [0.5, 0.6) is 0 Å². The molecule has 6 heteroatoms. The highest BCUT2D eigenvalue weighted by atomic mass is 16.2. The predicted molar refractivity (Wildman–Crippen MR) is 107 cm³/mol. The Balaban J connectivity index is 1.53. The molecular weight excluding hydrogens is 338 g/mol. The topological polar surface area (TPSA) is 63.1 Å². The molecule has 2 aromatic carbocycles. The lowest BCUT2D eigenvalue weighted by molar-refractivity contribution is 0.102. The van der Waals surface area contributed by atoms with Crippen LogP contribution < -0.4 is 10.2 Å². The van der Waals surface area contributed by atoms with Gasteiger partial charge in [0.25, 0.3) is 5.91 Å². The maximum absolute atomic E-state index is 12.7. The Kier molecular flexibility index (Phi) is 4.62. The highest BCUT2D eigenvalue weighted by Crippen LogP contribution is 2.26. The summed E-state index contributed by atoms with van der Waals surface area (Å²) >= 11 is 0. The third-order valence-electron chi connectivity index (χ3n) is 4.91. The zero-order chi connectivity index (χ0) is 18.8. The third-order valence-corrected chi connectivity index (χ3v) is 4.91. The van der Waals surface area contributed by atoms with Crippen molar-refractivity contribution >= 4 is 17.3 Å². The van der Waals surface area contributed by atoms with Gasteiger partial charge in [-0.3, -0.25) is 4.79 Å². The lowest BCUT2D eigenvalue weighted by Gasteiger charge is -2.19. The van der Waals surface area contributed by atoms with Crippen LogP contribution in [0.3, 0.4) is 0 Å². The first-order valence-corrected chi connectivity index (χ1v) is 9.28. The van der Waals surface area contributed by atoms with Crippen LogP contribution in [0.1, 0.15) is 34.6 Å². The van der Waals surface area contributed by atoms with E-state index in [1.54, 1.807) is 6.92 Å². The Morgan fingerprint density at radius 2 is 1.70 bits per heavy atom. The van der Waals surface area contributed by atoms with Gasteiger partial charge in [-0.25, -0.2) is 0 Å². The van der Waals surface area contributed by atoms with E-state index in [0.29, 0.717) is 11.4 Å². The van der Waals surface area contributed by atoms with E-state index in [0.717, 1.165) is 30.0 Å². The van der Waals surface area contributed by atoms with E-state index < -0.39 is 0 Å². The lowest BCUT2D eigenvalue weighted by atomic mass is 10.1. The maximum Gasteiger partial charge on any atom is 0.278 e. The number of carbonyl (C=O) groups is 1. The summed E-state index contributed by atoms with van der Waals surface area (Å²) in [5.74, 6) is -0.244. The van der Waals surface area contributed by atoms with Crippen molar-refractivity contribution in [2.45, 2.75) is 26.7 Å². The quantitative estimate of drug-likeness (QED) is 0.769. The van der Waals surface area contributed by atoms with Crippen molar-refractivity contribution < 1.29 is 4.79 Å².